The lowest BCUT2D eigenvalue weighted by atomic mass is 9.36. The molecule has 4 aliphatic carbocycles. The van der Waals surface area contributed by atoms with Gasteiger partial charge in [-0.25, -0.2) is 0 Å². The molecule has 0 aromatic rings. The minimum absolute atomic E-state index is 0.0146. The summed E-state index contributed by atoms with van der Waals surface area (Å²) in [6.45, 7) is 16.6. The van der Waals surface area contributed by atoms with Crippen LogP contribution in [0.5, 0.6) is 0 Å². The normalized spacial score (nSPS) is 54.2. The second kappa shape index (κ2) is 11.3. The van der Waals surface area contributed by atoms with Gasteiger partial charge in [0.15, 0.2) is 6.29 Å². The van der Waals surface area contributed by atoms with Crippen molar-refractivity contribution in [2.75, 3.05) is 6.61 Å². The Morgan fingerprint density at radius 1 is 0.891 bits per heavy atom. The van der Waals surface area contributed by atoms with Gasteiger partial charge in [0.05, 0.1) is 36.6 Å². The van der Waals surface area contributed by atoms with Gasteiger partial charge in [-0.05, 0) is 99.7 Å². The Balaban J connectivity index is 1.23. The molecule has 2 heterocycles. The zero-order valence-electron chi connectivity index (χ0n) is 29.2. The van der Waals surface area contributed by atoms with Gasteiger partial charge in [0.25, 0.3) is 0 Å². The molecule has 17 atom stereocenters. The van der Waals surface area contributed by atoms with E-state index < -0.39 is 66.1 Å². The molecule has 2 aliphatic heterocycles. The van der Waals surface area contributed by atoms with Gasteiger partial charge in [0.2, 0.25) is 0 Å². The Morgan fingerprint density at radius 2 is 1.57 bits per heavy atom. The van der Waals surface area contributed by atoms with Gasteiger partial charge in [-0.15, -0.1) is 0 Å². The van der Waals surface area contributed by atoms with Crippen LogP contribution >= 0.6 is 0 Å². The molecule has 7 N–H and O–H groups in total. The molecule has 2 saturated heterocycles. The van der Waals surface area contributed by atoms with Gasteiger partial charge in [-0.3, -0.25) is 0 Å². The summed E-state index contributed by atoms with van der Waals surface area (Å²) < 4.78 is 19.0. The number of epoxide rings is 1. The molecule has 10 heteroatoms. The van der Waals surface area contributed by atoms with Crippen molar-refractivity contribution in [1.29, 1.82) is 0 Å². The van der Waals surface area contributed by atoms with Crippen LogP contribution in [0.25, 0.3) is 0 Å². The van der Waals surface area contributed by atoms with Crippen molar-refractivity contribution in [3.05, 3.63) is 0 Å². The van der Waals surface area contributed by atoms with Gasteiger partial charge in [0.1, 0.15) is 30.0 Å². The Morgan fingerprint density at radius 3 is 2.20 bits per heavy atom. The number of aliphatic hydroxyl groups is 7. The third kappa shape index (κ3) is 4.71. The van der Waals surface area contributed by atoms with Crippen LogP contribution in [0.2, 0.25) is 0 Å². The first-order chi connectivity index (χ1) is 21.2. The smallest absolute Gasteiger partial charge is 0.186 e. The van der Waals surface area contributed by atoms with Crippen LogP contribution < -0.4 is 0 Å². The number of hydrogen-bond donors (Lipinski definition) is 7. The van der Waals surface area contributed by atoms with Crippen LogP contribution in [0.15, 0.2) is 0 Å². The van der Waals surface area contributed by atoms with E-state index in [-0.39, 0.29) is 40.3 Å². The SMILES string of the molecule is CC(CCC(O)C(C)(C)O)C1CCC2(C)C3CC4OC45C(CCC(OC4OC(CO)C(O)C(O)C4O)C5(C)C)C3(C)C(O)CC12C. The van der Waals surface area contributed by atoms with E-state index in [0.29, 0.717) is 24.7 Å². The Labute approximate surface area is 274 Å². The van der Waals surface area contributed by atoms with E-state index in [1.165, 1.54) is 0 Å². The van der Waals surface area contributed by atoms with E-state index in [0.717, 1.165) is 38.5 Å². The van der Waals surface area contributed by atoms with E-state index in [1.54, 1.807) is 13.8 Å². The number of ether oxygens (including phenoxy) is 3. The van der Waals surface area contributed by atoms with Crippen molar-refractivity contribution in [3.8, 4) is 0 Å². The summed E-state index contributed by atoms with van der Waals surface area (Å²) in [6, 6.07) is 0. The third-order valence-corrected chi connectivity index (χ3v) is 15.5. The van der Waals surface area contributed by atoms with Gasteiger partial charge < -0.3 is 50.0 Å². The van der Waals surface area contributed by atoms with Gasteiger partial charge >= 0.3 is 0 Å². The van der Waals surface area contributed by atoms with E-state index in [9.17, 15) is 35.7 Å². The molecule has 0 radical (unpaired) electrons. The maximum Gasteiger partial charge on any atom is 0.186 e. The molecule has 1 spiro atoms. The maximum atomic E-state index is 12.3. The molecular weight excluding hydrogens is 592 g/mol. The van der Waals surface area contributed by atoms with Crippen LogP contribution in [-0.4, -0.2) is 109 Å². The summed E-state index contributed by atoms with van der Waals surface area (Å²) in [5.74, 6) is 1.16. The summed E-state index contributed by atoms with van der Waals surface area (Å²) in [7, 11) is 0. The number of rotatable bonds is 8. The van der Waals surface area contributed by atoms with Crippen molar-refractivity contribution in [1.82, 2.24) is 0 Å². The third-order valence-electron chi connectivity index (χ3n) is 15.5. The number of hydrogen-bond acceptors (Lipinski definition) is 10. The van der Waals surface area contributed by atoms with Gasteiger partial charge in [0, 0.05) is 10.8 Å². The Bertz CT molecular complexity index is 1140. The first kappa shape index (κ1) is 35.4. The molecule has 6 fully saturated rings. The van der Waals surface area contributed by atoms with E-state index >= 15 is 0 Å². The molecular formula is C36H62O10. The maximum absolute atomic E-state index is 12.3. The first-order valence-electron chi connectivity index (χ1n) is 17.9. The van der Waals surface area contributed by atoms with E-state index in [1.807, 2.05) is 0 Å². The van der Waals surface area contributed by atoms with Crippen molar-refractivity contribution >= 4 is 0 Å². The van der Waals surface area contributed by atoms with Crippen molar-refractivity contribution in [3.63, 3.8) is 0 Å². The molecule has 266 valence electrons. The fraction of sp³-hybridized carbons (Fsp3) is 1.00. The lowest BCUT2D eigenvalue weighted by Crippen LogP contribution is -2.70. The van der Waals surface area contributed by atoms with Crippen molar-refractivity contribution < 1.29 is 50.0 Å². The van der Waals surface area contributed by atoms with Crippen molar-refractivity contribution in [2.24, 2.45) is 45.3 Å². The summed E-state index contributed by atoms with van der Waals surface area (Å²) in [6.07, 6.45) is -1.62. The quantitative estimate of drug-likeness (QED) is 0.152. The van der Waals surface area contributed by atoms with Crippen LogP contribution in [0.1, 0.15) is 107 Å². The van der Waals surface area contributed by atoms with Crippen LogP contribution in [0, 0.1) is 45.3 Å². The van der Waals surface area contributed by atoms with Crippen LogP contribution in [0.4, 0.5) is 0 Å². The highest BCUT2D eigenvalue weighted by molar-refractivity contribution is 5.30. The monoisotopic (exact) mass is 654 g/mol. The zero-order chi connectivity index (χ0) is 34.0. The van der Waals surface area contributed by atoms with Crippen LogP contribution in [0.3, 0.4) is 0 Å². The topological polar surface area (TPSA) is 173 Å². The minimum atomic E-state index is -1.50. The lowest BCUT2D eigenvalue weighted by molar-refractivity contribution is -0.328. The highest BCUT2D eigenvalue weighted by Crippen LogP contribution is 2.80. The standard InChI is InChI=1S/C36H62O10/c1-18(9-11-23(38)32(4,5)43)19-13-14-33(6)22-15-26-36(46-26)21(35(22,8)24(39)16-34(19,33)7)10-12-25(31(36,2)3)45-30-29(42)28(41)27(40)20(17-37)44-30/h18-30,37-43H,9-17H2,1-8H3. The molecule has 46 heavy (non-hydrogen) atoms. The molecule has 0 aromatic carbocycles. The number of aliphatic hydroxyl groups excluding tert-OH is 6. The largest absolute Gasteiger partial charge is 0.394 e. The molecule has 6 aliphatic rings. The Hall–Kier alpha value is -0.400. The molecule has 0 amide bonds. The summed E-state index contributed by atoms with van der Waals surface area (Å²) in [5.41, 5.74) is -2.53. The molecule has 17 unspecified atom stereocenters. The van der Waals surface area contributed by atoms with Gasteiger partial charge in [-0.2, -0.15) is 0 Å². The summed E-state index contributed by atoms with van der Waals surface area (Å²) in [5, 5.41) is 74.2. The molecule has 10 nitrogen and oxygen atoms in total. The van der Waals surface area contributed by atoms with E-state index in [2.05, 4.69) is 41.5 Å². The highest BCUT2D eigenvalue weighted by Gasteiger charge is 2.83. The molecule has 0 aromatic heterocycles. The average Bonchev–Trinajstić information content (AvgIpc) is 3.65. The first-order valence-corrected chi connectivity index (χ1v) is 17.9. The van der Waals surface area contributed by atoms with E-state index in [4.69, 9.17) is 14.2 Å². The van der Waals surface area contributed by atoms with Crippen molar-refractivity contribution in [2.45, 2.75) is 173 Å². The molecule has 6 rings (SSSR count). The van der Waals surface area contributed by atoms with Crippen LogP contribution in [-0.2, 0) is 14.2 Å². The van der Waals surface area contributed by atoms with Gasteiger partial charge in [-0.1, -0.05) is 41.5 Å². The average molecular weight is 655 g/mol. The molecule has 0 bridgehead atoms. The predicted octanol–water partition coefficient (Wildman–Crippen LogP) is 2.51. The Kier molecular flexibility index (Phi) is 8.71. The summed E-state index contributed by atoms with van der Waals surface area (Å²) in [4.78, 5) is 0. The molecule has 4 saturated carbocycles. The summed E-state index contributed by atoms with van der Waals surface area (Å²) >= 11 is 0. The second-order valence-corrected chi connectivity index (χ2v) is 18.2. The second-order valence-electron chi connectivity index (χ2n) is 18.2. The lowest BCUT2D eigenvalue weighted by Gasteiger charge is -2.68. The minimum Gasteiger partial charge on any atom is -0.394 e. The number of fused-ring (bicyclic) bond motifs is 4. The predicted molar refractivity (Wildman–Crippen MR) is 169 cm³/mol. The zero-order valence-corrected chi connectivity index (χ0v) is 29.2. The fourth-order valence-corrected chi connectivity index (χ4v) is 12.3. The fourth-order valence-electron chi connectivity index (χ4n) is 12.3. The highest BCUT2D eigenvalue weighted by atomic mass is 16.7.